The molecular weight excluding hydrogens is 292 g/mol. The topological polar surface area (TPSA) is 39.7 Å². The van der Waals surface area contributed by atoms with Gasteiger partial charge in [-0.3, -0.25) is 9.89 Å². The fraction of sp³-hybridized carbons (Fsp3) is 0.941. The highest BCUT2D eigenvalue weighted by atomic mass is 32.2. The third kappa shape index (κ3) is 10.3. The Hall–Kier alpha value is -0.420. The van der Waals surface area contributed by atoms with Crippen LogP contribution in [0.5, 0.6) is 0 Å². The van der Waals surface area contributed by atoms with Gasteiger partial charge in [0.2, 0.25) is 0 Å². The maximum Gasteiger partial charge on any atom is 0.191 e. The quantitative estimate of drug-likeness (QED) is 0.328. The lowest BCUT2D eigenvalue weighted by molar-refractivity contribution is 0.191. The molecule has 0 aliphatic heterocycles. The maximum absolute atomic E-state index is 4.34. The zero-order valence-corrected chi connectivity index (χ0v) is 16.4. The van der Waals surface area contributed by atoms with Crippen molar-refractivity contribution in [3.63, 3.8) is 0 Å². The lowest BCUT2D eigenvalue weighted by atomic mass is 10.0. The minimum Gasteiger partial charge on any atom is -0.356 e. The van der Waals surface area contributed by atoms with Gasteiger partial charge in [0.15, 0.2) is 5.96 Å². The number of guanidine groups is 1. The number of hydrogen-bond donors (Lipinski definition) is 2. The molecule has 132 valence electrons. The molecular formula is C17H38N4S. The summed E-state index contributed by atoms with van der Waals surface area (Å²) < 4.78 is 0. The third-order valence-corrected chi connectivity index (χ3v) is 4.57. The number of nitrogens with one attached hydrogen (secondary N) is 2. The summed E-state index contributed by atoms with van der Waals surface area (Å²) in [5.74, 6) is 2.89. The van der Waals surface area contributed by atoms with Crippen LogP contribution in [0.2, 0.25) is 0 Å². The van der Waals surface area contributed by atoms with E-state index in [1.54, 1.807) is 0 Å². The van der Waals surface area contributed by atoms with Crippen LogP contribution in [0.3, 0.4) is 0 Å². The zero-order chi connectivity index (χ0) is 16.8. The summed E-state index contributed by atoms with van der Waals surface area (Å²) in [4.78, 5) is 6.88. The minimum absolute atomic E-state index is 0.574. The van der Waals surface area contributed by atoms with Gasteiger partial charge in [0.25, 0.3) is 0 Å². The Bertz CT molecular complexity index is 278. The van der Waals surface area contributed by atoms with Gasteiger partial charge in [-0.1, -0.05) is 27.7 Å². The number of thioether (sulfide) groups is 1. The van der Waals surface area contributed by atoms with E-state index in [2.05, 4.69) is 54.5 Å². The highest BCUT2D eigenvalue weighted by Crippen LogP contribution is 2.10. The summed E-state index contributed by atoms with van der Waals surface area (Å²) >= 11 is 1.92. The fourth-order valence-electron chi connectivity index (χ4n) is 2.66. The smallest absolute Gasteiger partial charge is 0.191 e. The standard InChI is InChI=1S/C17H38N4S/c1-7-21(8-2)16(13-15(3)4)14-20-17(18-5)19-11-9-10-12-22-6/h15-16H,7-14H2,1-6H3,(H2,18,19,20). The number of nitrogens with zero attached hydrogens (tertiary/aromatic N) is 2. The van der Waals surface area contributed by atoms with Gasteiger partial charge in [0, 0.05) is 26.2 Å². The van der Waals surface area contributed by atoms with E-state index in [4.69, 9.17) is 0 Å². The molecule has 0 aromatic heterocycles. The Morgan fingerprint density at radius 1 is 1.14 bits per heavy atom. The van der Waals surface area contributed by atoms with Crippen molar-refractivity contribution in [3.8, 4) is 0 Å². The molecule has 0 radical (unpaired) electrons. The molecule has 22 heavy (non-hydrogen) atoms. The lowest BCUT2D eigenvalue weighted by Gasteiger charge is -2.31. The molecule has 0 saturated carbocycles. The molecule has 0 aliphatic carbocycles. The summed E-state index contributed by atoms with van der Waals surface area (Å²) in [5, 5.41) is 6.93. The largest absolute Gasteiger partial charge is 0.356 e. The van der Waals surface area contributed by atoms with Gasteiger partial charge in [0.1, 0.15) is 0 Å². The number of unbranched alkanes of at least 4 members (excludes halogenated alkanes) is 1. The van der Waals surface area contributed by atoms with Crippen LogP contribution in [0.15, 0.2) is 4.99 Å². The van der Waals surface area contributed by atoms with Crippen LogP contribution < -0.4 is 10.6 Å². The first-order valence-corrected chi connectivity index (χ1v) is 10.2. The van der Waals surface area contributed by atoms with Gasteiger partial charge in [-0.2, -0.15) is 11.8 Å². The highest BCUT2D eigenvalue weighted by molar-refractivity contribution is 7.98. The summed E-state index contributed by atoms with van der Waals surface area (Å²) in [6.45, 7) is 13.3. The average molecular weight is 331 g/mol. The molecule has 1 unspecified atom stereocenters. The molecule has 0 aliphatic rings. The zero-order valence-electron chi connectivity index (χ0n) is 15.6. The summed E-state index contributed by atoms with van der Waals surface area (Å²) in [6.07, 6.45) is 5.85. The van der Waals surface area contributed by atoms with Gasteiger partial charge in [-0.05, 0) is 50.3 Å². The highest BCUT2D eigenvalue weighted by Gasteiger charge is 2.17. The van der Waals surface area contributed by atoms with Crippen molar-refractivity contribution in [2.24, 2.45) is 10.9 Å². The van der Waals surface area contributed by atoms with Crippen LogP contribution >= 0.6 is 11.8 Å². The van der Waals surface area contributed by atoms with Gasteiger partial charge >= 0.3 is 0 Å². The minimum atomic E-state index is 0.574. The number of hydrogen-bond acceptors (Lipinski definition) is 3. The predicted octanol–water partition coefficient (Wildman–Crippen LogP) is 3.05. The lowest BCUT2D eigenvalue weighted by Crippen LogP contribution is -2.47. The summed E-state index contributed by atoms with van der Waals surface area (Å²) in [7, 11) is 1.85. The first-order chi connectivity index (χ1) is 10.6. The Kier molecular flexibility index (Phi) is 13.9. The van der Waals surface area contributed by atoms with Crippen molar-refractivity contribution in [2.75, 3.05) is 45.2 Å². The third-order valence-electron chi connectivity index (χ3n) is 3.87. The summed E-state index contributed by atoms with van der Waals surface area (Å²) in [6, 6.07) is 0.574. The molecule has 0 aromatic rings. The van der Waals surface area contributed by atoms with Gasteiger partial charge in [-0.25, -0.2) is 0 Å². The van der Waals surface area contributed by atoms with E-state index in [0.29, 0.717) is 12.0 Å². The predicted molar refractivity (Wildman–Crippen MR) is 103 cm³/mol. The normalized spacial score (nSPS) is 13.7. The molecule has 0 bridgehead atoms. The Labute approximate surface area is 142 Å². The van der Waals surface area contributed by atoms with Gasteiger partial charge in [0.05, 0.1) is 0 Å². The van der Waals surface area contributed by atoms with Crippen LogP contribution in [0.25, 0.3) is 0 Å². The van der Waals surface area contributed by atoms with Crippen LogP contribution in [0.4, 0.5) is 0 Å². The van der Waals surface area contributed by atoms with Gasteiger partial charge in [-0.15, -0.1) is 0 Å². The van der Waals surface area contributed by atoms with Crippen molar-refractivity contribution in [3.05, 3.63) is 0 Å². The molecule has 5 heteroatoms. The van der Waals surface area contributed by atoms with Crippen LogP contribution in [0, 0.1) is 5.92 Å². The second-order valence-corrected chi connectivity index (χ2v) is 7.07. The van der Waals surface area contributed by atoms with E-state index in [1.807, 2.05) is 18.8 Å². The molecule has 1 atom stereocenters. The molecule has 0 amide bonds. The molecule has 0 saturated heterocycles. The first kappa shape index (κ1) is 21.6. The number of aliphatic imine (C=N–C) groups is 1. The first-order valence-electron chi connectivity index (χ1n) is 8.76. The summed E-state index contributed by atoms with van der Waals surface area (Å²) in [5.41, 5.74) is 0. The van der Waals surface area contributed by atoms with Crippen molar-refractivity contribution < 1.29 is 0 Å². The second kappa shape index (κ2) is 14.2. The Morgan fingerprint density at radius 2 is 1.82 bits per heavy atom. The molecule has 0 fully saturated rings. The van der Waals surface area contributed by atoms with E-state index < -0.39 is 0 Å². The van der Waals surface area contributed by atoms with Gasteiger partial charge < -0.3 is 10.6 Å². The maximum atomic E-state index is 4.34. The molecule has 2 N–H and O–H groups in total. The Morgan fingerprint density at radius 3 is 2.32 bits per heavy atom. The van der Waals surface area contributed by atoms with E-state index >= 15 is 0 Å². The van der Waals surface area contributed by atoms with Crippen molar-refractivity contribution in [2.45, 2.75) is 53.0 Å². The van der Waals surface area contributed by atoms with E-state index in [9.17, 15) is 0 Å². The second-order valence-electron chi connectivity index (χ2n) is 6.08. The molecule has 0 spiro atoms. The number of rotatable bonds is 12. The van der Waals surface area contributed by atoms with E-state index in [1.165, 1.54) is 25.0 Å². The van der Waals surface area contributed by atoms with Crippen molar-refractivity contribution >= 4 is 17.7 Å². The fourth-order valence-corrected chi connectivity index (χ4v) is 3.15. The molecule has 0 heterocycles. The SMILES string of the molecule is CCN(CC)C(CNC(=NC)NCCCCSC)CC(C)C. The van der Waals surface area contributed by atoms with Crippen LogP contribution in [-0.4, -0.2) is 62.1 Å². The molecule has 0 aromatic carbocycles. The number of likely N-dealkylation sites (N-methyl/N-ethyl adjacent to an activating group) is 1. The van der Waals surface area contributed by atoms with E-state index in [0.717, 1.165) is 32.1 Å². The van der Waals surface area contributed by atoms with Crippen LogP contribution in [0.1, 0.15) is 47.0 Å². The molecule has 0 rings (SSSR count). The van der Waals surface area contributed by atoms with Crippen molar-refractivity contribution in [1.29, 1.82) is 0 Å². The van der Waals surface area contributed by atoms with Crippen molar-refractivity contribution in [1.82, 2.24) is 15.5 Å². The van der Waals surface area contributed by atoms with E-state index in [-0.39, 0.29) is 0 Å². The average Bonchev–Trinajstić information content (AvgIpc) is 2.50. The molecule has 4 nitrogen and oxygen atoms in total. The monoisotopic (exact) mass is 330 g/mol. The Balaban J connectivity index is 4.23. The van der Waals surface area contributed by atoms with Crippen LogP contribution in [-0.2, 0) is 0 Å².